The summed E-state index contributed by atoms with van der Waals surface area (Å²) in [6.07, 6.45) is 2.92. The Morgan fingerprint density at radius 1 is 0.970 bits per heavy atom. The van der Waals surface area contributed by atoms with Gasteiger partial charge in [0.05, 0.1) is 17.0 Å². The van der Waals surface area contributed by atoms with Gasteiger partial charge in [-0.15, -0.1) is 0 Å². The zero-order valence-corrected chi connectivity index (χ0v) is 17.9. The lowest BCUT2D eigenvalue weighted by atomic mass is 9.99. The second-order valence-electron chi connectivity index (χ2n) is 7.67. The first-order chi connectivity index (χ1) is 16.1. The maximum Gasteiger partial charge on any atom is 0.258 e. The van der Waals surface area contributed by atoms with E-state index in [0.29, 0.717) is 34.0 Å². The van der Waals surface area contributed by atoms with Gasteiger partial charge in [-0.2, -0.15) is 0 Å². The Labute approximate surface area is 190 Å². The summed E-state index contributed by atoms with van der Waals surface area (Å²) in [5.41, 5.74) is 4.77. The van der Waals surface area contributed by atoms with Gasteiger partial charge in [0, 0.05) is 23.4 Å². The van der Waals surface area contributed by atoms with Crippen molar-refractivity contribution in [3.63, 3.8) is 0 Å². The van der Waals surface area contributed by atoms with Crippen molar-refractivity contribution in [3.8, 4) is 11.5 Å². The number of halogens is 1. The third-order valence-electron chi connectivity index (χ3n) is 5.46. The van der Waals surface area contributed by atoms with E-state index in [1.54, 1.807) is 12.1 Å². The van der Waals surface area contributed by atoms with Crippen molar-refractivity contribution in [3.05, 3.63) is 95.7 Å². The number of nitrogens with one attached hydrogen (secondary N) is 3. The first-order valence-electron chi connectivity index (χ1n) is 10.7. The van der Waals surface area contributed by atoms with Crippen molar-refractivity contribution in [1.29, 1.82) is 0 Å². The van der Waals surface area contributed by atoms with Gasteiger partial charge < -0.3 is 25.4 Å². The molecule has 3 aromatic carbocycles. The van der Waals surface area contributed by atoms with Crippen LogP contribution in [0.15, 0.2) is 73.2 Å². The minimum Gasteiger partial charge on any atom is -0.458 e. The van der Waals surface area contributed by atoms with E-state index in [1.165, 1.54) is 24.7 Å². The van der Waals surface area contributed by atoms with Gasteiger partial charge in [-0.05, 0) is 60.6 Å². The summed E-state index contributed by atoms with van der Waals surface area (Å²) < 4.78 is 24.8. The number of hydrogen-bond acceptors (Lipinski definition) is 5. The second-order valence-corrected chi connectivity index (χ2v) is 7.67. The fourth-order valence-electron chi connectivity index (χ4n) is 3.85. The molecule has 0 saturated heterocycles. The second kappa shape index (κ2) is 8.80. The maximum atomic E-state index is 13.8. The summed E-state index contributed by atoms with van der Waals surface area (Å²) in [5, 5.41) is 9.47. The van der Waals surface area contributed by atoms with Crippen LogP contribution in [0.5, 0.6) is 11.5 Å². The minimum atomic E-state index is -0.410. The van der Waals surface area contributed by atoms with Gasteiger partial charge >= 0.3 is 0 Å². The lowest BCUT2D eigenvalue weighted by Crippen LogP contribution is -2.12. The molecule has 2 aliphatic heterocycles. The van der Waals surface area contributed by atoms with Gasteiger partial charge in [0.15, 0.2) is 11.5 Å². The Morgan fingerprint density at radius 3 is 2.55 bits per heavy atom. The molecule has 0 bridgehead atoms. The molecule has 0 aliphatic carbocycles. The maximum absolute atomic E-state index is 13.8. The third kappa shape index (κ3) is 4.18. The molecule has 1 amide bonds. The molecule has 7 heteroatoms. The predicted molar refractivity (Wildman–Crippen MR) is 126 cm³/mol. The van der Waals surface area contributed by atoms with E-state index in [2.05, 4.69) is 22.9 Å². The first kappa shape index (κ1) is 20.8. The van der Waals surface area contributed by atoms with Gasteiger partial charge in [-0.25, -0.2) is 4.39 Å². The fourth-order valence-corrected chi connectivity index (χ4v) is 3.85. The van der Waals surface area contributed by atoms with Gasteiger partial charge in [-0.3, -0.25) is 4.79 Å². The number of benzene rings is 3. The molecule has 5 rings (SSSR count). The molecule has 0 atom stereocenters. The van der Waals surface area contributed by atoms with Crippen LogP contribution >= 0.6 is 0 Å². The molecule has 0 unspecified atom stereocenters. The molecule has 0 radical (unpaired) electrons. The highest BCUT2D eigenvalue weighted by atomic mass is 19.1. The molecule has 0 spiro atoms. The van der Waals surface area contributed by atoms with Crippen LogP contribution in [0.4, 0.5) is 15.8 Å². The Bertz CT molecular complexity index is 1280. The number of carbonyl (C=O) groups is 1. The van der Waals surface area contributed by atoms with Crippen LogP contribution in [0.3, 0.4) is 0 Å². The van der Waals surface area contributed by atoms with Crippen LogP contribution in [0.1, 0.15) is 23.6 Å². The molecule has 33 heavy (non-hydrogen) atoms. The first-order valence-corrected chi connectivity index (χ1v) is 10.7. The van der Waals surface area contributed by atoms with Gasteiger partial charge in [0.1, 0.15) is 18.3 Å². The van der Waals surface area contributed by atoms with E-state index in [-0.39, 0.29) is 5.91 Å². The van der Waals surface area contributed by atoms with Crippen molar-refractivity contribution in [1.82, 2.24) is 5.32 Å². The summed E-state index contributed by atoms with van der Waals surface area (Å²) in [6.45, 7) is 3.74. The van der Waals surface area contributed by atoms with Crippen molar-refractivity contribution >= 4 is 28.6 Å². The standard InChI is InChI=1S/C26H22FN3O3/c1-2-28-15-16-3-7-19(8-4-16)29-25(17-5-10-22-23(13-17)33-12-11-32-22)24-20-9-6-18(27)14-21(20)30-26(24)31/h3-14,28-29H,2,15H2,1H3,(H,30,31). The van der Waals surface area contributed by atoms with Crippen LogP contribution < -0.4 is 25.4 Å². The predicted octanol–water partition coefficient (Wildman–Crippen LogP) is 5.11. The fraction of sp³-hybridized carbons (Fsp3) is 0.115. The van der Waals surface area contributed by atoms with Gasteiger partial charge in [0.25, 0.3) is 5.91 Å². The molecule has 2 heterocycles. The Morgan fingerprint density at radius 2 is 1.76 bits per heavy atom. The van der Waals surface area contributed by atoms with E-state index in [0.717, 1.165) is 29.9 Å². The number of ether oxygens (including phenoxy) is 2. The zero-order chi connectivity index (χ0) is 22.8. The largest absolute Gasteiger partial charge is 0.458 e. The number of hydrogen-bond donors (Lipinski definition) is 3. The van der Waals surface area contributed by atoms with Crippen LogP contribution in [0.25, 0.3) is 11.3 Å². The molecule has 6 nitrogen and oxygen atoms in total. The molecular formula is C26H22FN3O3. The van der Waals surface area contributed by atoms with Crippen LogP contribution in [-0.4, -0.2) is 12.5 Å². The average Bonchev–Trinajstić information content (AvgIpc) is 3.16. The normalized spacial score (nSPS) is 15.2. The molecule has 0 fully saturated rings. The van der Waals surface area contributed by atoms with E-state index >= 15 is 0 Å². The van der Waals surface area contributed by atoms with Crippen molar-refractivity contribution in [2.24, 2.45) is 0 Å². The monoisotopic (exact) mass is 443 g/mol. The summed E-state index contributed by atoms with van der Waals surface area (Å²) in [5.74, 6) is 0.397. The van der Waals surface area contributed by atoms with Crippen molar-refractivity contribution in [2.75, 3.05) is 17.2 Å². The lowest BCUT2D eigenvalue weighted by Gasteiger charge is -2.18. The minimum absolute atomic E-state index is 0.309. The van der Waals surface area contributed by atoms with E-state index in [9.17, 15) is 9.18 Å². The smallest absolute Gasteiger partial charge is 0.258 e. The zero-order valence-electron chi connectivity index (χ0n) is 17.9. The molecular weight excluding hydrogens is 421 g/mol. The molecule has 3 N–H and O–H groups in total. The molecule has 3 aromatic rings. The Hall–Kier alpha value is -4.10. The number of anilines is 2. The highest BCUT2D eigenvalue weighted by Gasteiger charge is 2.29. The van der Waals surface area contributed by atoms with Crippen LogP contribution in [0, 0.1) is 5.82 Å². The molecule has 166 valence electrons. The number of amides is 1. The van der Waals surface area contributed by atoms with Gasteiger partial charge in [0.2, 0.25) is 0 Å². The molecule has 0 aromatic heterocycles. The summed E-state index contributed by atoms with van der Waals surface area (Å²) in [4.78, 5) is 13.0. The topological polar surface area (TPSA) is 71.6 Å². The summed E-state index contributed by atoms with van der Waals surface area (Å²) in [7, 11) is 0. The summed E-state index contributed by atoms with van der Waals surface area (Å²) in [6, 6.07) is 17.7. The van der Waals surface area contributed by atoms with Crippen molar-refractivity contribution < 1.29 is 18.7 Å². The van der Waals surface area contributed by atoms with Crippen LogP contribution in [-0.2, 0) is 11.3 Å². The number of carbonyl (C=O) groups excluding carboxylic acids is 1. The van der Waals surface area contributed by atoms with E-state index < -0.39 is 5.82 Å². The lowest BCUT2D eigenvalue weighted by molar-refractivity contribution is -0.110. The van der Waals surface area contributed by atoms with E-state index in [4.69, 9.17) is 9.47 Å². The number of rotatable bonds is 6. The van der Waals surface area contributed by atoms with E-state index in [1.807, 2.05) is 36.4 Å². The number of fused-ring (bicyclic) bond motifs is 2. The quantitative estimate of drug-likeness (QED) is 0.462. The van der Waals surface area contributed by atoms with Gasteiger partial charge in [-0.1, -0.05) is 19.1 Å². The highest BCUT2D eigenvalue weighted by molar-refractivity contribution is 6.37. The third-order valence-corrected chi connectivity index (χ3v) is 5.46. The molecule has 2 aliphatic rings. The van der Waals surface area contributed by atoms with Crippen molar-refractivity contribution in [2.45, 2.75) is 13.5 Å². The Kier molecular flexibility index (Phi) is 5.54. The van der Waals surface area contributed by atoms with Crippen LogP contribution in [0.2, 0.25) is 0 Å². The SMILES string of the molecule is CCNCc1ccc(NC(=C2C(=O)Nc3cc(F)ccc32)c2ccc3c(c2)OC=CO3)cc1. The highest BCUT2D eigenvalue weighted by Crippen LogP contribution is 2.40. The Balaban J connectivity index is 1.60. The molecule has 0 saturated carbocycles. The average molecular weight is 443 g/mol. The summed E-state index contributed by atoms with van der Waals surface area (Å²) >= 11 is 0.